The summed E-state index contributed by atoms with van der Waals surface area (Å²) in [6.07, 6.45) is 0. The fourth-order valence-corrected chi connectivity index (χ4v) is 2.36. The molecular formula is C6H9Cl6O3P. The first kappa shape index (κ1) is 18.0. The van der Waals surface area contributed by atoms with Gasteiger partial charge in [-0.25, -0.2) is 0 Å². The van der Waals surface area contributed by atoms with E-state index in [1.54, 1.807) is 0 Å². The SMILES string of the molecule is CC(Cl)(Cl)OP(OC(C)(Cl)Cl)OC(C)(Cl)Cl. The summed E-state index contributed by atoms with van der Waals surface area (Å²) in [6.45, 7) is 4.08. The highest BCUT2D eigenvalue weighted by atomic mass is 35.5. The van der Waals surface area contributed by atoms with Gasteiger partial charge in [0.05, 0.1) is 0 Å². The van der Waals surface area contributed by atoms with Crippen LogP contribution in [0.5, 0.6) is 0 Å². The molecule has 3 nitrogen and oxygen atoms in total. The highest BCUT2D eigenvalue weighted by Crippen LogP contribution is 2.54. The normalized spacial score (nSPS) is 14.6. The molecule has 0 aromatic carbocycles. The molecule has 0 rings (SSSR count). The number of hydrogen-bond acceptors (Lipinski definition) is 3. The molecule has 0 saturated carbocycles. The summed E-state index contributed by atoms with van der Waals surface area (Å²) in [5, 5.41) is 0. The average Bonchev–Trinajstić information content (AvgIpc) is 1.70. The van der Waals surface area contributed by atoms with Gasteiger partial charge in [0.15, 0.2) is 0 Å². The van der Waals surface area contributed by atoms with Crippen molar-refractivity contribution >= 4 is 78.2 Å². The second-order valence-corrected chi connectivity index (χ2v) is 8.82. The van der Waals surface area contributed by atoms with Crippen LogP contribution in [0.15, 0.2) is 0 Å². The third-order valence-corrected chi connectivity index (χ3v) is 3.36. The minimum Gasteiger partial charge on any atom is -0.275 e. The third-order valence-electron chi connectivity index (χ3n) is 0.704. The lowest BCUT2D eigenvalue weighted by atomic mass is 10.9. The summed E-state index contributed by atoms with van der Waals surface area (Å²) >= 11 is 33.7. The van der Waals surface area contributed by atoms with Crippen LogP contribution in [0, 0.1) is 0 Å². The van der Waals surface area contributed by atoms with Crippen LogP contribution in [0.3, 0.4) is 0 Å². The van der Waals surface area contributed by atoms with E-state index in [-0.39, 0.29) is 0 Å². The fourth-order valence-electron chi connectivity index (χ4n) is 0.449. The lowest BCUT2D eigenvalue weighted by Gasteiger charge is -2.28. The first-order valence-corrected chi connectivity index (χ1v) is 7.16. The highest BCUT2D eigenvalue weighted by Gasteiger charge is 2.36. The maximum absolute atomic E-state index is 5.61. The Labute approximate surface area is 125 Å². The quantitative estimate of drug-likeness (QED) is 0.441. The van der Waals surface area contributed by atoms with E-state index in [0.717, 1.165) is 0 Å². The summed E-state index contributed by atoms with van der Waals surface area (Å²) in [7, 11) is -2.12. The molecule has 0 aliphatic heterocycles. The van der Waals surface area contributed by atoms with Crippen molar-refractivity contribution in [2.75, 3.05) is 0 Å². The molecule has 0 N–H and O–H groups in total. The molecule has 0 fully saturated rings. The molecule has 0 radical (unpaired) electrons. The van der Waals surface area contributed by atoms with Crippen LogP contribution >= 0.6 is 78.2 Å². The van der Waals surface area contributed by atoms with Crippen molar-refractivity contribution in [2.45, 2.75) is 34.3 Å². The van der Waals surface area contributed by atoms with Crippen molar-refractivity contribution in [2.24, 2.45) is 0 Å². The monoisotopic (exact) mass is 370 g/mol. The van der Waals surface area contributed by atoms with E-state index in [9.17, 15) is 0 Å². The maximum atomic E-state index is 5.61. The molecule has 0 atom stereocenters. The summed E-state index contributed by atoms with van der Waals surface area (Å²) in [5.41, 5.74) is 0. The van der Waals surface area contributed by atoms with Gasteiger partial charge in [-0.3, -0.25) is 13.6 Å². The van der Waals surface area contributed by atoms with Gasteiger partial charge in [-0.15, -0.1) is 0 Å². The molecular weight excluding hydrogens is 364 g/mol. The van der Waals surface area contributed by atoms with Gasteiger partial charge in [0.1, 0.15) is 0 Å². The average molecular weight is 373 g/mol. The van der Waals surface area contributed by atoms with Gasteiger partial charge < -0.3 is 0 Å². The van der Waals surface area contributed by atoms with Gasteiger partial charge in [0.25, 0.3) is 0 Å². The molecule has 0 unspecified atom stereocenters. The van der Waals surface area contributed by atoms with E-state index in [0.29, 0.717) is 0 Å². The lowest BCUT2D eigenvalue weighted by Crippen LogP contribution is -2.19. The van der Waals surface area contributed by atoms with Crippen LogP contribution in [0.25, 0.3) is 0 Å². The van der Waals surface area contributed by atoms with E-state index in [1.807, 2.05) is 0 Å². The standard InChI is InChI=1S/C6H9Cl6O3P/c1-4(7,8)13-16(14-5(2,9)10)15-6(3,11)12/h1-3H3. The Kier molecular flexibility index (Phi) is 7.30. The van der Waals surface area contributed by atoms with E-state index in [2.05, 4.69) is 0 Å². The molecule has 0 heterocycles. The van der Waals surface area contributed by atoms with Gasteiger partial charge in [-0.05, 0) is 20.8 Å². The first-order chi connectivity index (χ1) is 6.79. The Morgan fingerprint density at radius 2 is 0.812 bits per heavy atom. The molecule has 0 amide bonds. The van der Waals surface area contributed by atoms with Gasteiger partial charge in [0, 0.05) is 0 Å². The Bertz CT molecular complexity index is 182. The van der Waals surface area contributed by atoms with E-state index in [4.69, 9.17) is 83.2 Å². The van der Waals surface area contributed by atoms with Crippen LogP contribution in [0.2, 0.25) is 0 Å². The molecule has 0 aromatic heterocycles. The summed E-state index contributed by atoms with van der Waals surface area (Å²) < 4.78 is 10.4. The predicted molar refractivity (Wildman–Crippen MR) is 70.5 cm³/mol. The van der Waals surface area contributed by atoms with Gasteiger partial charge in [0.2, 0.25) is 13.6 Å². The van der Waals surface area contributed by atoms with Crippen LogP contribution in [0.4, 0.5) is 0 Å². The van der Waals surface area contributed by atoms with Crippen LogP contribution < -0.4 is 0 Å². The minimum atomic E-state index is -2.12. The lowest BCUT2D eigenvalue weighted by molar-refractivity contribution is 0.109. The van der Waals surface area contributed by atoms with E-state index >= 15 is 0 Å². The topological polar surface area (TPSA) is 27.7 Å². The maximum Gasteiger partial charge on any atom is 0.340 e. The number of rotatable bonds is 6. The van der Waals surface area contributed by atoms with Crippen LogP contribution in [0.1, 0.15) is 20.8 Å². The van der Waals surface area contributed by atoms with Crippen molar-refractivity contribution in [3.63, 3.8) is 0 Å². The molecule has 10 heteroatoms. The van der Waals surface area contributed by atoms with Gasteiger partial charge >= 0.3 is 8.60 Å². The minimum absolute atomic E-state index is 1.36. The second-order valence-electron chi connectivity index (χ2n) is 2.92. The largest absolute Gasteiger partial charge is 0.340 e. The fraction of sp³-hybridized carbons (Fsp3) is 1.00. The zero-order valence-electron chi connectivity index (χ0n) is 8.44. The van der Waals surface area contributed by atoms with Crippen molar-refractivity contribution < 1.29 is 13.6 Å². The Morgan fingerprint density at radius 1 is 0.625 bits per heavy atom. The van der Waals surface area contributed by atoms with Crippen molar-refractivity contribution in [1.29, 1.82) is 0 Å². The number of alkyl halides is 6. The summed E-state index contributed by atoms with van der Waals surface area (Å²) in [5.74, 6) is 0. The van der Waals surface area contributed by atoms with Crippen molar-refractivity contribution in [3.05, 3.63) is 0 Å². The number of halogens is 6. The third kappa shape index (κ3) is 12.5. The summed E-state index contributed by atoms with van der Waals surface area (Å²) in [4.78, 5) is 0. The highest BCUT2D eigenvalue weighted by molar-refractivity contribution is 7.42. The van der Waals surface area contributed by atoms with Gasteiger partial charge in [-0.2, -0.15) is 0 Å². The van der Waals surface area contributed by atoms with Crippen LogP contribution in [-0.2, 0) is 13.6 Å². The Hall–Kier alpha value is 2.05. The van der Waals surface area contributed by atoms with Crippen molar-refractivity contribution in [1.82, 2.24) is 0 Å². The Balaban J connectivity index is 4.53. The molecule has 0 spiro atoms. The zero-order valence-corrected chi connectivity index (χ0v) is 13.9. The smallest absolute Gasteiger partial charge is 0.275 e. The van der Waals surface area contributed by atoms with Gasteiger partial charge in [-0.1, -0.05) is 69.6 Å². The molecule has 0 aliphatic rings. The molecule has 0 aromatic rings. The molecule has 16 heavy (non-hydrogen) atoms. The molecule has 0 saturated heterocycles. The van der Waals surface area contributed by atoms with E-state index in [1.165, 1.54) is 20.8 Å². The molecule has 0 aliphatic carbocycles. The molecule has 98 valence electrons. The summed E-state index contributed by atoms with van der Waals surface area (Å²) in [6, 6.07) is 0. The second kappa shape index (κ2) is 6.47. The van der Waals surface area contributed by atoms with Crippen LogP contribution in [-0.4, -0.2) is 13.6 Å². The Morgan fingerprint density at radius 3 is 0.938 bits per heavy atom. The van der Waals surface area contributed by atoms with E-state index < -0.39 is 22.2 Å². The predicted octanol–water partition coefficient (Wildman–Crippen LogP) is 5.72. The first-order valence-electron chi connectivity index (χ1n) is 3.79. The van der Waals surface area contributed by atoms with Crippen molar-refractivity contribution in [3.8, 4) is 0 Å². The number of hydrogen-bond donors (Lipinski definition) is 0. The zero-order chi connectivity index (χ0) is 13.2. The molecule has 0 bridgehead atoms.